The van der Waals surface area contributed by atoms with Gasteiger partial charge in [-0.3, -0.25) is 0 Å². The Bertz CT molecular complexity index is 500. The van der Waals surface area contributed by atoms with E-state index in [9.17, 15) is 0 Å². The maximum atomic E-state index is 5.76. The first-order valence-corrected chi connectivity index (χ1v) is 5.89. The van der Waals surface area contributed by atoms with E-state index in [0.29, 0.717) is 5.95 Å². The van der Waals surface area contributed by atoms with Crippen molar-refractivity contribution in [2.24, 2.45) is 7.05 Å². The Morgan fingerprint density at radius 1 is 1.31 bits per heavy atom. The zero-order valence-electron chi connectivity index (χ0n) is 9.37. The van der Waals surface area contributed by atoms with Crippen molar-refractivity contribution in [3.8, 4) is 0 Å². The van der Waals surface area contributed by atoms with Crippen molar-refractivity contribution in [2.45, 2.75) is 13.3 Å². The van der Waals surface area contributed by atoms with Crippen LogP contribution in [-0.2, 0) is 13.5 Å². The number of hydrogen-bond acceptors (Lipinski definition) is 2. The van der Waals surface area contributed by atoms with Crippen LogP contribution < -0.4 is 5.73 Å². The summed E-state index contributed by atoms with van der Waals surface area (Å²) in [6.45, 7) is 2.04. The molecule has 2 aromatic rings. The normalized spacial score (nSPS) is 10.7. The van der Waals surface area contributed by atoms with Crippen molar-refractivity contribution < 1.29 is 0 Å². The van der Waals surface area contributed by atoms with Gasteiger partial charge in [-0.15, -0.1) is 0 Å². The molecule has 0 radical (unpaired) electrons. The summed E-state index contributed by atoms with van der Waals surface area (Å²) < 4.78 is 3.00. The van der Waals surface area contributed by atoms with E-state index in [4.69, 9.17) is 5.73 Å². The highest BCUT2D eigenvalue weighted by atomic mass is 79.9. The first-order chi connectivity index (χ1) is 7.58. The van der Waals surface area contributed by atoms with Gasteiger partial charge in [0, 0.05) is 23.6 Å². The molecule has 0 aliphatic carbocycles. The van der Waals surface area contributed by atoms with E-state index in [1.807, 2.05) is 30.7 Å². The molecule has 1 heterocycles. The van der Waals surface area contributed by atoms with Crippen LogP contribution in [0.1, 0.15) is 17.0 Å². The molecule has 0 aliphatic rings. The number of nitrogens with two attached hydrogens (primary N) is 1. The van der Waals surface area contributed by atoms with Crippen LogP contribution in [-0.4, -0.2) is 9.55 Å². The summed E-state index contributed by atoms with van der Waals surface area (Å²) in [5.41, 5.74) is 9.17. The third-order valence-corrected chi connectivity index (χ3v) is 3.33. The molecule has 0 amide bonds. The number of nitrogen functional groups attached to an aromatic ring is 1. The fourth-order valence-electron chi connectivity index (χ4n) is 1.62. The van der Waals surface area contributed by atoms with E-state index in [0.717, 1.165) is 22.3 Å². The Kier molecular flexibility index (Phi) is 3.01. The van der Waals surface area contributed by atoms with Gasteiger partial charge in [-0.25, -0.2) is 4.98 Å². The molecule has 0 fully saturated rings. The summed E-state index contributed by atoms with van der Waals surface area (Å²) in [6, 6.07) is 8.26. The van der Waals surface area contributed by atoms with Crippen LogP contribution in [0.2, 0.25) is 0 Å². The van der Waals surface area contributed by atoms with Crippen LogP contribution in [0.4, 0.5) is 5.95 Å². The van der Waals surface area contributed by atoms with Gasteiger partial charge in [0.25, 0.3) is 0 Å². The summed E-state index contributed by atoms with van der Waals surface area (Å²) in [4.78, 5) is 4.36. The molecule has 84 valence electrons. The van der Waals surface area contributed by atoms with E-state index in [-0.39, 0.29) is 0 Å². The quantitative estimate of drug-likeness (QED) is 0.919. The average Bonchev–Trinajstić information content (AvgIpc) is 2.50. The molecule has 0 atom stereocenters. The van der Waals surface area contributed by atoms with Crippen LogP contribution in [0.3, 0.4) is 0 Å². The highest BCUT2D eigenvalue weighted by Gasteiger charge is 2.08. The summed E-state index contributed by atoms with van der Waals surface area (Å²) >= 11 is 3.42. The Morgan fingerprint density at radius 2 is 1.94 bits per heavy atom. The topological polar surface area (TPSA) is 43.8 Å². The molecule has 2 N–H and O–H groups in total. The Morgan fingerprint density at radius 3 is 2.44 bits per heavy atom. The van der Waals surface area contributed by atoms with Gasteiger partial charge in [0.1, 0.15) is 0 Å². The number of anilines is 1. The lowest BCUT2D eigenvalue weighted by Crippen LogP contribution is -1.98. The monoisotopic (exact) mass is 279 g/mol. The third kappa shape index (κ3) is 2.11. The highest BCUT2D eigenvalue weighted by molar-refractivity contribution is 9.10. The van der Waals surface area contributed by atoms with Crippen LogP contribution in [0.25, 0.3) is 0 Å². The molecule has 4 heteroatoms. The molecular weight excluding hydrogens is 266 g/mol. The number of halogens is 1. The SMILES string of the molecule is Cc1c(Cc2ccc(Br)cc2)nc(N)n1C. The van der Waals surface area contributed by atoms with Crippen LogP contribution in [0.15, 0.2) is 28.7 Å². The van der Waals surface area contributed by atoms with Crippen molar-refractivity contribution in [3.05, 3.63) is 45.7 Å². The fourth-order valence-corrected chi connectivity index (χ4v) is 1.89. The predicted molar refractivity (Wildman–Crippen MR) is 69.3 cm³/mol. The molecule has 0 saturated heterocycles. The Labute approximate surface area is 103 Å². The molecule has 0 saturated carbocycles. The molecule has 0 unspecified atom stereocenters. The minimum Gasteiger partial charge on any atom is -0.369 e. The summed E-state index contributed by atoms with van der Waals surface area (Å²) in [5.74, 6) is 0.574. The molecule has 16 heavy (non-hydrogen) atoms. The molecule has 1 aromatic carbocycles. The van der Waals surface area contributed by atoms with Gasteiger partial charge in [0.2, 0.25) is 0 Å². The average molecular weight is 280 g/mol. The van der Waals surface area contributed by atoms with Crippen LogP contribution in [0.5, 0.6) is 0 Å². The second-order valence-electron chi connectivity index (χ2n) is 3.86. The lowest BCUT2D eigenvalue weighted by atomic mass is 10.1. The predicted octanol–water partition coefficient (Wildman–Crippen LogP) is 2.66. The number of imidazole rings is 1. The lowest BCUT2D eigenvalue weighted by molar-refractivity contribution is 0.882. The zero-order chi connectivity index (χ0) is 11.7. The standard InChI is InChI=1S/C12H14BrN3/c1-8-11(15-12(14)16(8)2)7-9-3-5-10(13)6-4-9/h3-6H,7H2,1-2H3,(H2,14,15). The number of nitrogens with zero attached hydrogens (tertiary/aromatic N) is 2. The van der Waals surface area contributed by atoms with Crippen molar-refractivity contribution >= 4 is 21.9 Å². The minimum atomic E-state index is 0.574. The van der Waals surface area contributed by atoms with Gasteiger partial charge in [-0.05, 0) is 24.6 Å². The van der Waals surface area contributed by atoms with Crippen LogP contribution in [0, 0.1) is 6.92 Å². The molecule has 0 spiro atoms. The summed E-state index contributed by atoms with van der Waals surface area (Å²) in [6.07, 6.45) is 0.824. The Hall–Kier alpha value is -1.29. The van der Waals surface area contributed by atoms with Gasteiger partial charge >= 0.3 is 0 Å². The van der Waals surface area contributed by atoms with Gasteiger partial charge in [-0.1, -0.05) is 28.1 Å². The van der Waals surface area contributed by atoms with E-state index in [2.05, 4.69) is 33.0 Å². The molecule has 0 bridgehead atoms. The largest absolute Gasteiger partial charge is 0.369 e. The van der Waals surface area contributed by atoms with Gasteiger partial charge in [0.05, 0.1) is 5.69 Å². The van der Waals surface area contributed by atoms with Crippen LogP contribution >= 0.6 is 15.9 Å². The van der Waals surface area contributed by atoms with Gasteiger partial charge in [-0.2, -0.15) is 0 Å². The number of rotatable bonds is 2. The fraction of sp³-hybridized carbons (Fsp3) is 0.250. The molecule has 1 aromatic heterocycles. The maximum Gasteiger partial charge on any atom is 0.200 e. The minimum absolute atomic E-state index is 0.574. The second-order valence-corrected chi connectivity index (χ2v) is 4.78. The number of benzene rings is 1. The molecule has 2 rings (SSSR count). The zero-order valence-corrected chi connectivity index (χ0v) is 11.0. The first kappa shape index (κ1) is 11.2. The van der Waals surface area contributed by atoms with E-state index in [1.54, 1.807) is 0 Å². The van der Waals surface area contributed by atoms with Crippen molar-refractivity contribution in [3.63, 3.8) is 0 Å². The first-order valence-electron chi connectivity index (χ1n) is 5.10. The summed E-state index contributed by atoms with van der Waals surface area (Å²) in [7, 11) is 1.93. The highest BCUT2D eigenvalue weighted by Crippen LogP contribution is 2.17. The summed E-state index contributed by atoms with van der Waals surface area (Å²) in [5, 5.41) is 0. The smallest absolute Gasteiger partial charge is 0.200 e. The van der Waals surface area contributed by atoms with E-state index >= 15 is 0 Å². The lowest BCUT2D eigenvalue weighted by Gasteiger charge is -2.01. The third-order valence-electron chi connectivity index (χ3n) is 2.80. The molecule has 3 nitrogen and oxygen atoms in total. The van der Waals surface area contributed by atoms with Gasteiger partial charge < -0.3 is 10.3 Å². The van der Waals surface area contributed by atoms with Crippen molar-refractivity contribution in [2.75, 3.05) is 5.73 Å². The Balaban J connectivity index is 2.27. The number of aromatic nitrogens is 2. The van der Waals surface area contributed by atoms with Gasteiger partial charge in [0.15, 0.2) is 5.95 Å². The van der Waals surface area contributed by atoms with Crippen molar-refractivity contribution in [1.82, 2.24) is 9.55 Å². The molecule has 0 aliphatic heterocycles. The second kappa shape index (κ2) is 4.29. The van der Waals surface area contributed by atoms with E-state index < -0.39 is 0 Å². The molecular formula is C12H14BrN3. The van der Waals surface area contributed by atoms with Crippen molar-refractivity contribution in [1.29, 1.82) is 0 Å². The van der Waals surface area contributed by atoms with E-state index in [1.165, 1.54) is 5.56 Å². The maximum absolute atomic E-state index is 5.76. The number of hydrogen-bond donors (Lipinski definition) is 1.